The molecule has 1 aromatic carbocycles. The second-order valence-electron chi connectivity index (χ2n) is 7.88. The average Bonchev–Trinajstić information content (AvgIpc) is 3.07. The first-order chi connectivity index (χ1) is 11.7. The number of carbonyl (C=O) groups is 1. The Balaban J connectivity index is 2.42. The number of rotatable bonds is 6. The van der Waals surface area contributed by atoms with E-state index in [-0.39, 0.29) is 23.8 Å². The van der Waals surface area contributed by atoms with Crippen LogP contribution in [-0.4, -0.2) is 22.7 Å². The summed E-state index contributed by atoms with van der Waals surface area (Å²) in [4.78, 5) is 13.2. The molecule has 1 amide bonds. The Hall–Kier alpha value is -1.20. The first-order valence-electron chi connectivity index (χ1n) is 9.35. The highest BCUT2D eigenvalue weighted by molar-refractivity contribution is 7.83. The van der Waals surface area contributed by atoms with Crippen LogP contribution in [0.15, 0.2) is 17.0 Å². The number of benzene rings is 1. The van der Waals surface area contributed by atoms with Crippen molar-refractivity contribution in [2.45, 2.75) is 83.1 Å². The van der Waals surface area contributed by atoms with E-state index in [9.17, 15) is 9.00 Å². The highest BCUT2D eigenvalue weighted by Gasteiger charge is 2.27. The van der Waals surface area contributed by atoms with Crippen LogP contribution in [-0.2, 0) is 15.8 Å². The average molecular weight is 365 g/mol. The van der Waals surface area contributed by atoms with E-state index >= 15 is 0 Å². The first kappa shape index (κ1) is 20.1. The second-order valence-corrected chi connectivity index (χ2v) is 9.03. The van der Waals surface area contributed by atoms with E-state index < -0.39 is 11.0 Å². The van der Waals surface area contributed by atoms with Gasteiger partial charge < -0.3 is 5.32 Å². The molecule has 0 aliphatic carbocycles. The van der Waals surface area contributed by atoms with Crippen LogP contribution in [0.25, 0.3) is 0 Å². The quantitative estimate of drug-likeness (QED) is 0.803. The van der Waals surface area contributed by atoms with Crippen molar-refractivity contribution in [3.05, 3.63) is 28.8 Å². The Bertz CT molecular complexity index is 618. The summed E-state index contributed by atoms with van der Waals surface area (Å²) in [5, 5.41) is 3.17. The van der Waals surface area contributed by atoms with Crippen LogP contribution in [0.2, 0.25) is 0 Å². The maximum Gasteiger partial charge on any atom is 0.249 e. The summed E-state index contributed by atoms with van der Waals surface area (Å²) in [6, 6.07) is 4.10. The summed E-state index contributed by atoms with van der Waals surface area (Å²) >= 11 is 0. The molecule has 2 atom stereocenters. The van der Waals surface area contributed by atoms with Gasteiger partial charge in [-0.3, -0.25) is 9.52 Å². The van der Waals surface area contributed by atoms with Gasteiger partial charge in [0.25, 0.3) is 0 Å². The predicted octanol–water partition coefficient (Wildman–Crippen LogP) is 3.95. The molecular weight excluding hydrogens is 332 g/mol. The van der Waals surface area contributed by atoms with Gasteiger partial charge in [-0.2, -0.15) is 0 Å². The van der Waals surface area contributed by atoms with Crippen molar-refractivity contribution in [3.63, 3.8) is 0 Å². The lowest BCUT2D eigenvalue weighted by Gasteiger charge is -2.22. The van der Waals surface area contributed by atoms with Gasteiger partial charge >= 0.3 is 0 Å². The summed E-state index contributed by atoms with van der Waals surface area (Å²) in [6.07, 6.45) is 1.80. The third-order valence-corrected chi connectivity index (χ3v) is 6.06. The molecular formula is C20H32N2O2S. The SMILES string of the molecule is CC(C)c1cc(C(C)C)c(S(=O)NC(=O)[C@H]2CCCN2)c(C(C)C)c1. The number of amides is 1. The van der Waals surface area contributed by atoms with Gasteiger partial charge in [0.15, 0.2) is 11.0 Å². The molecule has 0 spiro atoms. The van der Waals surface area contributed by atoms with Crippen molar-refractivity contribution >= 4 is 16.9 Å². The Morgan fingerprint density at radius 3 is 2.04 bits per heavy atom. The Labute approximate surface area is 154 Å². The van der Waals surface area contributed by atoms with Crippen molar-refractivity contribution < 1.29 is 9.00 Å². The van der Waals surface area contributed by atoms with Crippen LogP contribution >= 0.6 is 0 Å². The van der Waals surface area contributed by atoms with Crippen molar-refractivity contribution in [2.75, 3.05) is 6.54 Å². The van der Waals surface area contributed by atoms with Gasteiger partial charge in [0.05, 0.1) is 10.9 Å². The zero-order valence-electron chi connectivity index (χ0n) is 16.3. The fourth-order valence-electron chi connectivity index (χ4n) is 3.23. The molecule has 2 N–H and O–H groups in total. The molecule has 0 bridgehead atoms. The third-order valence-electron chi connectivity index (χ3n) is 4.83. The molecule has 2 rings (SSSR count). The predicted molar refractivity (Wildman–Crippen MR) is 104 cm³/mol. The highest BCUT2D eigenvalue weighted by Crippen LogP contribution is 2.33. The van der Waals surface area contributed by atoms with Crippen molar-refractivity contribution in [3.8, 4) is 0 Å². The van der Waals surface area contributed by atoms with Crippen molar-refractivity contribution in [2.24, 2.45) is 0 Å². The van der Waals surface area contributed by atoms with E-state index in [2.05, 4.69) is 63.7 Å². The van der Waals surface area contributed by atoms with E-state index in [0.29, 0.717) is 5.92 Å². The zero-order chi connectivity index (χ0) is 18.7. The van der Waals surface area contributed by atoms with Gasteiger partial charge in [0.2, 0.25) is 5.91 Å². The van der Waals surface area contributed by atoms with E-state index in [0.717, 1.165) is 35.4 Å². The Kier molecular flexibility index (Phi) is 6.80. The minimum atomic E-state index is -1.53. The molecule has 25 heavy (non-hydrogen) atoms. The molecule has 1 fully saturated rings. The van der Waals surface area contributed by atoms with E-state index in [1.807, 2.05) is 0 Å². The summed E-state index contributed by atoms with van der Waals surface area (Å²) in [5.41, 5.74) is 3.41. The number of nitrogens with one attached hydrogen (secondary N) is 2. The smallest absolute Gasteiger partial charge is 0.249 e. The van der Waals surface area contributed by atoms with Gasteiger partial charge in [0.1, 0.15) is 0 Å². The Morgan fingerprint density at radius 1 is 1.08 bits per heavy atom. The first-order valence-corrected chi connectivity index (χ1v) is 10.5. The molecule has 0 saturated carbocycles. The summed E-state index contributed by atoms with van der Waals surface area (Å²) in [6.45, 7) is 13.7. The molecule has 0 radical (unpaired) electrons. The zero-order valence-corrected chi connectivity index (χ0v) is 17.1. The molecule has 1 heterocycles. The summed E-state index contributed by atoms with van der Waals surface area (Å²) in [7, 11) is -1.53. The van der Waals surface area contributed by atoms with Crippen LogP contribution < -0.4 is 10.0 Å². The van der Waals surface area contributed by atoms with Gasteiger partial charge in [-0.1, -0.05) is 53.7 Å². The topological polar surface area (TPSA) is 58.2 Å². The highest BCUT2D eigenvalue weighted by atomic mass is 32.2. The number of hydrogen-bond donors (Lipinski definition) is 2. The standard InChI is InChI=1S/C20H32N2O2S/c1-12(2)15-10-16(13(3)4)19(17(11-15)14(5)6)25(24)22-20(23)18-8-7-9-21-18/h10-14,18,21H,7-9H2,1-6H3,(H,22,23)/t18-,25?/m1/s1. The molecule has 0 aromatic heterocycles. The van der Waals surface area contributed by atoms with Crippen molar-refractivity contribution in [1.29, 1.82) is 0 Å². The lowest BCUT2D eigenvalue weighted by molar-refractivity contribution is -0.120. The molecule has 1 saturated heterocycles. The normalized spacial score (nSPS) is 19.0. The van der Waals surface area contributed by atoms with Crippen LogP contribution in [0.5, 0.6) is 0 Å². The van der Waals surface area contributed by atoms with Crippen LogP contribution in [0.3, 0.4) is 0 Å². The fourth-order valence-corrected chi connectivity index (χ4v) is 4.67. The van der Waals surface area contributed by atoms with Crippen molar-refractivity contribution in [1.82, 2.24) is 10.0 Å². The van der Waals surface area contributed by atoms with E-state index in [4.69, 9.17) is 0 Å². The minimum absolute atomic E-state index is 0.159. The molecule has 4 nitrogen and oxygen atoms in total. The van der Waals surface area contributed by atoms with Crippen LogP contribution in [0.4, 0.5) is 0 Å². The largest absolute Gasteiger partial charge is 0.306 e. The van der Waals surface area contributed by atoms with Crippen LogP contribution in [0, 0.1) is 0 Å². The minimum Gasteiger partial charge on any atom is -0.306 e. The molecule has 140 valence electrons. The second kappa shape index (κ2) is 8.45. The fraction of sp³-hybridized carbons (Fsp3) is 0.650. The van der Waals surface area contributed by atoms with E-state index in [1.54, 1.807) is 0 Å². The lowest BCUT2D eigenvalue weighted by Crippen LogP contribution is -2.41. The summed E-state index contributed by atoms with van der Waals surface area (Å²) < 4.78 is 15.8. The van der Waals surface area contributed by atoms with Gasteiger partial charge in [-0.15, -0.1) is 0 Å². The summed E-state index contributed by atoms with van der Waals surface area (Å²) in [5.74, 6) is 0.747. The van der Waals surface area contributed by atoms with Gasteiger partial charge in [-0.25, -0.2) is 4.21 Å². The maximum atomic E-state index is 13.1. The van der Waals surface area contributed by atoms with Crippen LogP contribution in [0.1, 0.15) is 88.8 Å². The lowest BCUT2D eigenvalue weighted by atomic mass is 9.89. The molecule has 1 aliphatic rings. The number of carbonyl (C=O) groups excluding carboxylic acids is 1. The van der Waals surface area contributed by atoms with E-state index in [1.165, 1.54) is 5.56 Å². The van der Waals surface area contributed by atoms with Gasteiger partial charge in [-0.05, 0) is 53.8 Å². The Morgan fingerprint density at radius 2 is 1.64 bits per heavy atom. The van der Waals surface area contributed by atoms with Gasteiger partial charge in [0, 0.05) is 0 Å². The number of hydrogen-bond acceptors (Lipinski definition) is 3. The molecule has 1 unspecified atom stereocenters. The molecule has 1 aliphatic heterocycles. The third kappa shape index (κ3) is 4.70. The molecule has 1 aromatic rings. The monoisotopic (exact) mass is 364 g/mol. The molecule has 5 heteroatoms. The maximum absolute atomic E-state index is 13.1.